The molecule has 0 saturated carbocycles. The van der Waals surface area contributed by atoms with Crippen LogP contribution >= 0.6 is 0 Å². The minimum Gasteiger partial charge on any atom is -0.282 e. The summed E-state index contributed by atoms with van der Waals surface area (Å²) in [7, 11) is 0. The molecule has 0 spiro atoms. The van der Waals surface area contributed by atoms with Crippen LogP contribution in [0.3, 0.4) is 0 Å². The zero-order valence-electron chi connectivity index (χ0n) is 10.6. The standard InChI is InChI=1S/C14H10N4O2/c1-8-10(7-15)14(20)18(9-5-3-2-4-6-9)12-11(8)13(19)17-16-12/h2-6H,1H3,(H2,16,17,19). The van der Waals surface area contributed by atoms with Gasteiger partial charge in [-0.2, -0.15) is 5.26 Å². The summed E-state index contributed by atoms with van der Waals surface area (Å²) >= 11 is 0. The number of nitrogens with one attached hydrogen (secondary N) is 2. The number of fused-ring (bicyclic) bond motifs is 1. The van der Waals surface area contributed by atoms with Gasteiger partial charge in [-0.15, -0.1) is 0 Å². The zero-order valence-corrected chi connectivity index (χ0v) is 10.6. The first-order valence-corrected chi connectivity index (χ1v) is 5.96. The molecule has 2 aromatic heterocycles. The van der Waals surface area contributed by atoms with E-state index in [-0.39, 0.29) is 11.1 Å². The number of benzene rings is 1. The Labute approximate surface area is 112 Å². The van der Waals surface area contributed by atoms with Crippen LogP contribution in [0.2, 0.25) is 0 Å². The van der Waals surface area contributed by atoms with Crippen molar-refractivity contribution in [1.82, 2.24) is 14.8 Å². The smallest absolute Gasteiger partial charge is 0.274 e. The minimum atomic E-state index is -0.445. The first-order valence-electron chi connectivity index (χ1n) is 5.96. The van der Waals surface area contributed by atoms with Gasteiger partial charge < -0.3 is 0 Å². The van der Waals surface area contributed by atoms with Gasteiger partial charge in [0.1, 0.15) is 17.3 Å². The van der Waals surface area contributed by atoms with Crippen LogP contribution in [0.1, 0.15) is 11.1 Å². The molecule has 0 saturated heterocycles. The molecule has 3 rings (SSSR count). The Kier molecular flexibility index (Phi) is 2.54. The van der Waals surface area contributed by atoms with Crippen molar-refractivity contribution >= 4 is 11.0 Å². The predicted molar refractivity (Wildman–Crippen MR) is 74.0 cm³/mol. The van der Waals surface area contributed by atoms with Gasteiger partial charge in [0, 0.05) is 0 Å². The van der Waals surface area contributed by atoms with Crippen LogP contribution in [-0.2, 0) is 0 Å². The van der Waals surface area contributed by atoms with Crippen LogP contribution in [0.4, 0.5) is 0 Å². The van der Waals surface area contributed by atoms with Crippen LogP contribution < -0.4 is 11.1 Å². The van der Waals surface area contributed by atoms with Gasteiger partial charge >= 0.3 is 0 Å². The predicted octanol–water partition coefficient (Wildman–Crippen LogP) is 1.19. The van der Waals surface area contributed by atoms with E-state index in [1.165, 1.54) is 4.57 Å². The van der Waals surface area contributed by atoms with E-state index in [2.05, 4.69) is 10.2 Å². The monoisotopic (exact) mass is 266 g/mol. The highest BCUT2D eigenvalue weighted by Crippen LogP contribution is 2.17. The van der Waals surface area contributed by atoms with Crippen LogP contribution in [0.25, 0.3) is 16.7 Å². The highest BCUT2D eigenvalue weighted by Gasteiger charge is 2.18. The molecule has 0 unspecified atom stereocenters. The van der Waals surface area contributed by atoms with Gasteiger partial charge in [0.25, 0.3) is 11.1 Å². The lowest BCUT2D eigenvalue weighted by atomic mass is 10.1. The maximum Gasteiger partial charge on any atom is 0.274 e. The number of H-pyrrole nitrogens is 2. The Morgan fingerprint density at radius 2 is 1.85 bits per heavy atom. The fourth-order valence-corrected chi connectivity index (χ4v) is 2.32. The Morgan fingerprint density at radius 3 is 2.50 bits per heavy atom. The fourth-order valence-electron chi connectivity index (χ4n) is 2.32. The second kappa shape index (κ2) is 4.24. The van der Waals surface area contributed by atoms with Crippen molar-refractivity contribution in [3.05, 3.63) is 62.2 Å². The van der Waals surface area contributed by atoms with Gasteiger partial charge in [0.15, 0.2) is 0 Å². The summed E-state index contributed by atoms with van der Waals surface area (Å²) < 4.78 is 1.33. The molecule has 0 aliphatic heterocycles. The lowest BCUT2D eigenvalue weighted by molar-refractivity contribution is 0.975. The molecule has 2 N–H and O–H groups in total. The Bertz CT molecular complexity index is 955. The quantitative estimate of drug-likeness (QED) is 0.692. The lowest BCUT2D eigenvalue weighted by Crippen LogP contribution is -2.23. The van der Waals surface area contributed by atoms with E-state index in [0.29, 0.717) is 22.3 Å². The van der Waals surface area contributed by atoms with Gasteiger partial charge in [0.2, 0.25) is 0 Å². The van der Waals surface area contributed by atoms with Gasteiger partial charge in [-0.05, 0) is 24.6 Å². The minimum absolute atomic E-state index is 0.0218. The van der Waals surface area contributed by atoms with Crippen molar-refractivity contribution in [3.63, 3.8) is 0 Å². The average molecular weight is 266 g/mol. The van der Waals surface area contributed by atoms with E-state index in [9.17, 15) is 14.9 Å². The largest absolute Gasteiger partial charge is 0.282 e. The van der Waals surface area contributed by atoms with Crippen molar-refractivity contribution in [1.29, 1.82) is 5.26 Å². The molecule has 0 fully saturated rings. The maximum absolute atomic E-state index is 12.4. The molecule has 98 valence electrons. The number of hydrogen-bond donors (Lipinski definition) is 2. The number of nitrogens with zero attached hydrogens (tertiary/aromatic N) is 2. The molecule has 0 amide bonds. The number of para-hydroxylation sites is 1. The Hall–Kier alpha value is -3.07. The summed E-state index contributed by atoms with van der Waals surface area (Å²) in [6.07, 6.45) is 0. The normalized spacial score (nSPS) is 10.6. The van der Waals surface area contributed by atoms with Crippen molar-refractivity contribution in [2.45, 2.75) is 6.92 Å². The maximum atomic E-state index is 12.4. The molecular formula is C14H10N4O2. The number of pyridine rings is 1. The topological polar surface area (TPSA) is 94.4 Å². The van der Waals surface area contributed by atoms with Crippen molar-refractivity contribution in [3.8, 4) is 11.8 Å². The van der Waals surface area contributed by atoms with Crippen LogP contribution in [0, 0.1) is 18.3 Å². The SMILES string of the molecule is Cc1c(C#N)c(=O)n(-c2ccccc2)c2[nH][nH]c(=O)c12. The number of aryl methyl sites for hydroxylation is 1. The van der Waals surface area contributed by atoms with Crippen molar-refractivity contribution < 1.29 is 0 Å². The zero-order chi connectivity index (χ0) is 14.3. The summed E-state index contributed by atoms with van der Waals surface area (Å²) in [5, 5.41) is 14.7. The van der Waals surface area contributed by atoms with Crippen LogP contribution in [-0.4, -0.2) is 14.8 Å². The highest BCUT2D eigenvalue weighted by atomic mass is 16.1. The average Bonchev–Trinajstić information content (AvgIpc) is 2.83. The third-order valence-electron chi connectivity index (χ3n) is 3.28. The molecule has 6 nitrogen and oxygen atoms in total. The molecular weight excluding hydrogens is 256 g/mol. The molecule has 3 aromatic rings. The molecule has 0 radical (unpaired) electrons. The summed E-state index contributed by atoms with van der Waals surface area (Å²) in [6, 6.07) is 10.7. The summed E-state index contributed by atoms with van der Waals surface area (Å²) in [5.74, 6) is 0. The first kappa shape index (κ1) is 12.0. The van der Waals surface area contributed by atoms with E-state index < -0.39 is 5.56 Å². The molecule has 0 atom stereocenters. The summed E-state index contributed by atoms with van der Waals surface area (Å²) in [6.45, 7) is 1.60. The molecule has 0 bridgehead atoms. The number of aromatic nitrogens is 3. The molecule has 0 aliphatic carbocycles. The number of aromatic amines is 2. The van der Waals surface area contributed by atoms with Gasteiger partial charge in [-0.25, -0.2) is 0 Å². The van der Waals surface area contributed by atoms with E-state index in [1.54, 1.807) is 31.2 Å². The van der Waals surface area contributed by atoms with E-state index in [1.807, 2.05) is 12.1 Å². The van der Waals surface area contributed by atoms with Gasteiger partial charge in [-0.3, -0.25) is 24.4 Å². The second-order valence-corrected chi connectivity index (χ2v) is 4.39. The molecule has 20 heavy (non-hydrogen) atoms. The molecule has 6 heteroatoms. The Balaban J connectivity index is 2.60. The molecule has 0 aliphatic rings. The first-order chi connectivity index (χ1) is 9.65. The molecule has 2 heterocycles. The van der Waals surface area contributed by atoms with Crippen LogP contribution in [0.5, 0.6) is 0 Å². The van der Waals surface area contributed by atoms with E-state index in [4.69, 9.17) is 0 Å². The fraction of sp³-hybridized carbons (Fsp3) is 0.0714. The Morgan fingerprint density at radius 1 is 1.15 bits per heavy atom. The van der Waals surface area contributed by atoms with Crippen molar-refractivity contribution in [2.24, 2.45) is 0 Å². The second-order valence-electron chi connectivity index (χ2n) is 4.39. The van der Waals surface area contributed by atoms with Gasteiger partial charge in [-0.1, -0.05) is 18.2 Å². The number of nitriles is 1. The summed E-state index contributed by atoms with van der Waals surface area (Å²) in [4.78, 5) is 24.3. The van der Waals surface area contributed by atoms with Crippen molar-refractivity contribution in [2.75, 3.05) is 0 Å². The number of rotatable bonds is 1. The van der Waals surface area contributed by atoms with Crippen LogP contribution in [0.15, 0.2) is 39.9 Å². The highest BCUT2D eigenvalue weighted by molar-refractivity contribution is 5.81. The lowest BCUT2D eigenvalue weighted by Gasteiger charge is -2.09. The number of hydrogen-bond acceptors (Lipinski definition) is 3. The summed E-state index contributed by atoms with van der Waals surface area (Å²) in [5.41, 5.74) is 0.531. The third kappa shape index (κ3) is 1.50. The third-order valence-corrected chi connectivity index (χ3v) is 3.28. The van der Waals surface area contributed by atoms with Gasteiger partial charge in [0.05, 0.1) is 11.1 Å². The molecule has 1 aromatic carbocycles. The van der Waals surface area contributed by atoms with E-state index >= 15 is 0 Å². The van der Waals surface area contributed by atoms with E-state index in [0.717, 1.165) is 0 Å².